The molecule has 0 fully saturated rings. The van der Waals surface area contributed by atoms with Crippen molar-refractivity contribution in [3.05, 3.63) is 55.6 Å². The van der Waals surface area contributed by atoms with Gasteiger partial charge in [-0.25, -0.2) is 0 Å². The maximum atomic E-state index is 10.7. The van der Waals surface area contributed by atoms with Crippen molar-refractivity contribution in [2.24, 2.45) is 0 Å². The monoisotopic (exact) mass is 242 g/mol. The van der Waals surface area contributed by atoms with Crippen LogP contribution in [-0.4, -0.2) is 9.85 Å². The lowest BCUT2D eigenvalue weighted by Crippen LogP contribution is -1.98. The molecular weight excluding hydrogens is 236 g/mol. The quantitative estimate of drug-likeness (QED) is 0.461. The van der Waals surface area contributed by atoms with Gasteiger partial charge >= 0.3 is 0 Å². The van der Waals surface area contributed by atoms with Crippen LogP contribution < -0.4 is 0 Å². The number of halogens is 1. The van der Waals surface area contributed by atoms with Crippen LogP contribution in [0, 0.1) is 20.2 Å². The molecule has 0 spiro atoms. The van der Waals surface area contributed by atoms with Crippen molar-refractivity contribution in [2.45, 2.75) is 6.42 Å². The van der Waals surface area contributed by atoms with Gasteiger partial charge in [0.15, 0.2) is 0 Å². The van der Waals surface area contributed by atoms with Crippen LogP contribution in [0.5, 0.6) is 0 Å². The van der Waals surface area contributed by atoms with Crippen LogP contribution in [0.2, 0.25) is 5.02 Å². The number of hydrogen-bond acceptors (Lipinski definition) is 4. The molecule has 0 aromatic heterocycles. The minimum atomic E-state index is -0.757. The molecule has 0 bridgehead atoms. The fraction of sp³-hybridized carbons (Fsp3) is 0.111. The number of rotatable bonds is 4. The van der Waals surface area contributed by atoms with Gasteiger partial charge in [-0.05, 0) is 12.5 Å². The standard InChI is InChI=1S/C9H7ClN2O4/c1-2-3-6-4-7(10)9(12(15)16)5-8(6)11(13)14/h2,4-5H,1,3H2. The van der Waals surface area contributed by atoms with E-state index >= 15 is 0 Å². The maximum Gasteiger partial charge on any atom is 0.294 e. The van der Waals surface area contributed by atoms with E-state index in [2.05, 4.69) is 6.58 Å². The minimum Gasteiger partial charge on any atom is -0.258 e. The van der Waals surface area contributed by atoms with Gasteiger partial charge in [0, 0.05) is 5.56 Å². The fourth-order valence-corrected chi connectivity index (χ4v) is 1.48. The molecule has 0 unspecified atom stereocenters. The van der Waals surface area contributed by atoms with E-state index < -0.39 is 15.5 Å². The summed E-state index contributed by atoms with van der Waals surface area (Å²) in [6.45, 7) is 3.44. The molecule has 0 aliphatic carbocycles. The van der Waals surface area contributed by atoms with E-state index in [1.54, 1.807) is 0 Å². The molecule has 84 valence electrons. The summed E-state index contributed by atoms with van der Waals surface area (Å²) in [5.41, 5.74) is -0.493. The molecule has 1 aromatic carbocycles. The lowest BCUT2D eigenvalue weighted by atomic mass is 10.1. The first-order valence-electron chi connectivity index (χ1n) is 4.19. The van der Waals surface area contributed by atoms with Crippen molar-refractivity contribution in [1.82, 2.24) is 0 Å². The van der Waals surface area contributed by atoms with Gasteiger partial charge in [-0.3, -0.25) is 20.2 Å². The Kier molecular flexibility index (Phi) is 3.57. The largest absolute Gasteiger partial charge is 0.294 e. The second-order valence-electron chi connectivity index (χ2n) is 2.94. The Hall–Kier alpha value is -1.95. The summed E-state index contributed by atoms with van der Waals surface area (Å²) < 4.78 is 0. The second kappa shape index (κ2) is 4.71. The molecule has 0 saturated heterocycles. The first-order valence-corrected chi connectivity index (χ1v) is 4.57. The molecule has 0 saturated carbocycles. The molecule has 0 radical (unpaired) electrons. The second-order valence-corrected chi connectivity index (χ2v) is 3.35. The van der Waals surface area contributed by atoms with Crippen molar-refractivity contribution >= 4 is 23.0 Å². The summed E-state index contributed by atoms with van der Waals surface area (Å²) in [4.78, 5) is 19.8. The number of nitro groups is 2. The van der Waals surface area contributed by atoms with E-state index in [4.69, 9.17) is 11.6 Å². The average Bonchev–Trinajstić information content (AvgIpc) is 2.17. The molecule has 0 amide bonds. The number of nitrogens with zero attached hydrogens (tertiary/aromatic N) is 2. The zero-order valence-corrected chi connectivity index (χ0v) is 8.81. The van der Waals surface area contributed by atoms with Gasteiger partial charge in [0.1, 0.15) is 5.02 Å². The van der Waals surface area contributed by atoms with E-state index in [0.29, 0.717) is 5.56 Å². The van der Waals surface area contributed by atoms with E-state index in [-0.39, 0.29) is 17.1 Å². The summed E-state index contributed by atoms with van der Waals surface area (Å²) >= 11 is 5.64. The molecule has 16 heavy (non-hydrogen) atoms. The lowest BCUT2D eigenvalue weighted by Gasteiger charge is -2.01. The number of nitro benzene ring substituents is 2. The first-order chi connectivity index (χ1) is 7.47. The fourth-order valence-electron chi connectivity index (χ4n) is 1.22. The van der Waals surface area contributed by atoms with Gasteiger partial charge < -0.3 is 0 Å². The predicted molar refractivity (Wildman–Crippen MR) is 58.7 cm³/mol. The molecule has 0 N–H and O–H groups in total. The molecule has 0 atom stereocenters. The molecule has 0 aliphatic heterocycles. The van der Waals surface area contributed by atoms with E-state index in [1.165, 1.54) is 12.1 Å². The van der Waals surface area contributed by atoms with Crippen LogP contribution >= 0.6 is 11.6 Å². The summed E-state index contributed by atoms with van der Waals surface area (Å²) in [5.74, 6) is 0. The average molecular weight is 243 g/mol. The van der Waals surface area contributed by atoms with Gasteiger partial charge in [-0.1, -0.05) is 17.7 Å². The minimum absolute atomic E-state index is 0.118. The summed E-state index contributed by atoms with van der Waals surface area (Å²) in [6.07, 6.45) is 1.69. The summed E-state index contributed by atoms with van der Waals surface area (Å²) in [5, 5.41) is 21.1. The van der Waals surface area contributed by atoms with Gasteiger partial charge in [0.2, 0.25) is 0 Å². The smallest absolute Gasteiger partial charge is 0.258 e. The van der Waals surface area contributed by atoms with Gasteiger partial charge in [0.05, 0.1) is 15.9 Å². The maximum absolute atomic E-state index is 10.7. The molecule has 7 heteroatoms. The van der Waals surface area contributed by atoms with Crippen LogP contribution in [-0.2, 0) is 6.42 Å². The first kappa shape index (κ1) is 12.1. The highest BCUT2D eigenvalue weighted by Gasteiger charge is 2.22. The zero-order valence-electron chi connectivity index (χ0n) is 8.05. The SMILES string of the molecule is C=CCc1cc(Cl)c([N+](=O)[O-])cc1[N+](=O)[O-]. The van der Waals surface area contributed by atoms with E-state index in [1.807, 2.05) is 0 Å². The third-order valence-electron chi connectivity index (χ3n) is 1.91. The molecule has 6 nitrogen and oxygen atoms in total. The summed E-state index contributed by atoms with van der Waals surface area (Å²) in [6, 6.07) is 2.08. The van der Waals surface area contributed by atoms with E-state index in [9.17, 15) is 20.2 Å². The van der Waals surface area contributed by atoms with Gasteiger partial charge in [-0.2, -0.15) is 0 Å². The van der Waals surface area contributed by atoms with Crippen molar-refractivity contribution in [2.75, 3.05) is 0 Å². The highest BCUT2D eigenvalue weighted by Crippen LogP contribution is 2.32. The molecule has 0 heterocycles. The Morgan fingerprint density at radius 2 is 1.81 bits per heavy atom. The normalized spacial score (nSPS) is 9.81. The number of benzene rings is 1. The van der Waals surface area contributed by atoms with Crippen molar-refractivity contribution in [3.8, 4) is 0 Å². The van der Waals surface area contributed by atoms with Gasteiger partial charge in [-0.15, -0.1) is 6.58 Å². The van der Waals surface area contributed by atoms with E-state index in [0.717, 1.165) is 6.07 Å². The Labute approximate surface area is 95.4 Å². The zero-order chi connectivity index (χ0) is 12.3. The van der Waals surface area contributed by atoms with Crippen molar-refractivity contribution in [1.29, 1.82) is 0 Å². The third kappa shape index (κ3) is 2.34. The van der Waals surface area contributed by atoms with Crippen LogP contribution in [0.3, 0.4) is 0 Å². The van der Waals surface area contributed by atoms with Crippen LogP contribution in [0.1, 0.15) is 5.56 Å². The Bertz CT molecular complexity index is 473. The van der Waals surface area contributed by atoms with Crippen LogP contribution in [0.4, 0.5) is 11.4 Å². The lowest BCUT2D eigenvalue weighted by molar-refractivity contribution is -0.394. The third-order valence-corrected chi connectivity index (χ3v) is 2.21. The number of hydrogen-bond donors (Lipinski definition) is 0. The molecular formula is C9H7ClN2O4. The molecule has 1 aromatic rings. The van der Waals surface area contributed by atoms with Crippen LogP contribution in [0.25, 0.3) is 0 Å². The Morgan fingerprint density at radius 1 is 1.25 bits per heavy atom. The highest BCUT2D eigenvalue weighted by molar-refractivity contribution is 6.32. The predicted octanol–water partition coefficient (Wildman–Crippen LogP) is 2.88. The molecule has 0 aliphatic rings. The van der Waals surface area contributed by atoms with Gasteiger partial charge in [0.25, 0.3) is 11.4 Å². The van der Waals surface area contributed by atoms with Crippen molar-refractivity contribution in [3.63, 3.8) is 0 Å². The van der Waals surface area contributed by atoms with Crippen molar-refractivity contribution < 1.29 is 9.85 Å². The highest BCUT2D eigenvalue weighted by atomic mass is 35.5. The number of allylic oxidation sites excluding steroid dienone is 1. The Morgan fingerprint density at radius 3 is 2.25 bits per heavy atom. The Balaban J connectivity index is 3.42. The topological polar surface area (TPSA) is 86.3 Å². The molecule has 1 rings (SSSR count). The summed E-state index contributed by atoms with van der Waals surface area (Å²) in [7, 11) is 0. The van der Waals surface area contributed by atoms with Crippen LogP contribution in [0.15, 0.2) is 24.8 Å².